The highest BCUT2D eigenvalue weighted by molar-refractivity contribution is 6.33. The summed E-state index contributed by atoms with van der Waals surface area (Å²) in [5.41, 5.74) is 1.83. The smallest absolute Gasteiger partial charge is 0.337 e. The minimum Gasteiger partial charge on any atom is -0.478 e. The lowest BCUT2D eigenvalue weighted by Gasteiger charge is -2.24. The van der Waals surface area contributed by atoms with Crippen LogP contribution in [0.2, 0.25) is 5.02 Å². The Morgan fingerprint density at radius 1 is 1.31 bits per heavy atom. The van der Waals surface area contributed by atoms with E-state index in [-0.39, 0.29) is 22.5 Å². The van der Waals surface area contributed by atoms with Crippen LogP contribution in [0, 0.1) is 0 Å². The van der Waals surface area contributed by atoms with E-state index in [2.05, 4.69) is 4.98 Å². The molecule has 1 saturated heterocycles. The van der Waals surface area contributed by atoms with E-state index in [0.717, 1.165) is 24.9 Å². The third kappa shape index (κ3) is 3.71. The maximum atomic E-state index is 12.7. The number of ether oxygens (including phenoxy) is 1. The van der Waals surface area contributed by atoms with E-state index in [1.54, 1.807) is 31.4 Å². The number of halogens is 1. The standard InChI is InChI=1S/C19H19ClN2O4/c1-26-11-15-3-2-8-22(15)18(23)13-6-4-12(5-7-13)17-16(20)9-14(10-21-17)19(24)25/h4-7,9-10,15H,2-3,8,11H2,1H3,(H,24,25)/t15-/m0/s1. The summed E-state index contributed by atoms with van der Waals surface area (Å²) in [4.78, 5) is 29.7. The average Bonchev–Trinajstić information content (AvgIpc) is 3.10. The molecule has 0 unspecified atom stereocenters. The molecular weight excluding hydrogens is 356 g/mol. The van der Waals surface area contributed by atoms with Crippen molar-refractivity contribution in [1.29, 1.82) is 0 Å². The first-order valence-electron chi connectivity index (χ1n) is 8.30. The third-order valence-corrected chi connectivity index (χ3v) is 4.78. The molecule has 1 aliphatic heterocycles. The summed E-state index contributed by atoms with van der Waals surface area (Å²) < 4.78 is 5.20. The predicted molar refractivity (Wildman–Crippen MR) is 97.6 cm³/mol. The number of pyridine rings is 1. The second-order valence-electron chi connectivity index (χ2n) is 6.19. The van der Waals surface area contributed by atoms with E-state index in [1.165, 1.54) is 12.3 Å². The van der Waals surface area contributed by atoms with Crippen LogP contribution in [0.25, 0.3) is 11.3 Å². The number of carboxylic acid groups (broad SMARTS) is 1. The van der Waals surface area contributed by atoms with E-state index < -0.39 is 5.97 Å². The number of nitrogens with zero attached hydrogens (tertiary/aromatic N) is 2. The number of carbonyl (C=O) groups excluding carboxylic acids is 1. The summed E-state index contributed by atoms with van der Waals surface area (Å²) in [5.74, 6) is -1.10. The molecular formula is C19H19ClN2O4. The highest BCUT2D eigenvalue weighted by Gasteiger charge is 2.29. The fraction of sp³-hybridized carbons (Fsp3) is 0.316. The van der Waals surface area contributed by atoms with Gasteiger partial charge in [0, 0.05) is 31.0 Å². The zero-order valence-electron chi connectivity index (χ0n) is 14.3. The highest BCUT2D eigenvalue weighted by Crippen LogP contribution is 2.27. The Kier molecular flexibility index (Phi) is 5.54. The van der Waals surface area contributed by atoms with Gasteiger partial charge in [-0.25, -0.2) is 4.79 Å². The molecule has 136 valence electrons. The zero-order valence-corrected chi connectivity index (χ0v) is 15.1. The van der Waals surface area contributed by atoms with Gasteiger partial charge in [0.05, 0.1) is 28.9 Å². The monoisotopic (exact) mass is 374 g/mol. The molecule has 0 bridgehead atoms. The van der Waals surface area contributed by atoms with Crippen molar-refractivity contribution >= 4 is 23.5 Å². The molecule has 1 atom stereocenters. The quantitative estimate of drug-likeness (QED) is 0.868. The van der Waals surface area contributed by atoms with Crippen molar-refractivity contribution in [2.75, 3.05) is 20.3 Å². The van der Waals surface area contributed by atoms with E-state index in [9.17, 15) is 9.59 Å². The first-order valence-corrected chi connectivity index (χ1v) is 8.68. The Morgan fingerprint density at radius 3 is 2.65 bits per heavy atom. The number of hydrogen-bond donors (Lipinski definition) is 1. The number of carboxylic acids is 1. The Hall–Kier alpha value is -2.44. The molecule has 2 heterocycles. The number of amides is 1. The van der Waals surface area contributed by atoms with E-state index in [1.807, 2.05) is 4.90 Å². The number of hydrogen-bond acceptors (Lipinski definition) is 4. The van der Waals surface area contributed by atoms with Crippen molar-refractivity contribution in [3.63, 3.8) is 0 Å². The molecule has 0 spiro atoms. The van der Waals surface area contributed by atoms with Gasteiger partial charge in [-0.3, -0.25) is 9.78 Å². The van der Waals surface area contributed by atoms with Crippen molar-refractivity contribution in [2.45, 2.75) is 18.9 Å². The largest absolute Gasteiger partial charge is 0.478 e. The summed E-state index contributed by atoms with van der Waals surface area (Å²) in [6.45, 7) is 1.28. The molecule has 2 aromatic rings. The van der Waals surface area contributed by atoms with Gasteiger partial charge in [0.2, 0.25) is 0 Å². The van der Waals surface area contributed by atoms with Crippen molar-refractivity contribution in [2.24, 2.45) is 0 Å². The van der Waals surface area contributed by atoms with Gasteiger partial charge in [-0.05, 0) is 31.0 Å². The molecule has 1 fully saturated rings. The van der Waals surface area contributed by atoms with Gasteiger partial charge >= 0.3 is 5.97 Å². The SMILES string of the molecule is COC[C@@H]1CCCN1C(=O)c1ccc(-c2ncc(C(=O)O)cc2Cl)cc1. The normalized spacial score (nSPS) is 16.7. The fourth-order valence-corrected chi connectivity index (χ4v) is 3.45. The number of aromatic nitrogens is 1. The van der Waals surface area contributed by atoms with E-state index in [4.69, 9.17) is 21.4 Å². The molecule has 1 N–H and O–H groups in total. The maximum absolute atomic E-state index is 12.7. The highest BCUT2D eigenvalue weighted by atomic mass is 35.5. The van der Waals surface area contributed by atoms with Gasteiger partial charge in [0.25, 0.3) is 5.91 Å². The molecule has 0 saturated carbocycles. The van der Waals surface area contributed by atoms with Crippen LogP contribution in [0.5, 0.6) is 0 Å². The van der Waals surface area contributed by atoms with Crippen molar-refractivity contribution < 1.29 is 19.4 Å². The van der Waals surface area contributed by atoms with Gasteiger partial charge < -0.3 is 14.7 Å². The van der Waals surface area contributed by atoms with Crippen LogP contribution in [0.3, 0.4) is 0 Å². The summed E-state index contributed by atoms with van der Waals surface area (Å²) in [7, 11) is 1.64. The molecule has 7 heteroatoms. The van der Waals surface area contributed by atoms with Gasteiger partial charge in [-0.1, -0.05) is 23.7 Å². The number of aromatic carboxylic acids is 1. The maximum Gasteiger partial charge on any atom is 0.337 e. The lowest BCUT2D eigenvalue weighted by molar-refractivity contribution is 0.0629. The second-order valence-corrected chi connectivity index (χ2v) is 6.59. The first-order chi connectivity index (χ1) is 12.5. The second kappa shape index (κ2) is 7.85. The van der Waals surface area contributed by atoms with E-state index >= 15 is 0 Å². The molecule has 0 radical (unpaired) electrons. The van der Waals surface area contributed by atoms with Crippen LogP contribution in [-0.4, -0.2) is 53.2 Å². The first kappa shape index (κ1) is 18.4. The summed E-state index contributed by atoms with van der Waals surface area (Å²) in [5, 5.41) is 9.24. The predicted octanol–water partition coefficient (Wildman–Crippen LogP) is 3.35. The number of carbonyl (C=O) groups is 2. The minimum atomic E-state index is -1.08. The summed E-state index contributed by atoms with van der Waals surface area (Å²) in [6, 6.07) is 8.50. The van der Waals surface area contributed by atoms with Crippen LogP contribution in [0.15, 0.2) is 36.5 Å². The summed E-state index contributed by atoms with van der Waals surface area (Å²) >= 11 is 6.15. The molecule has 1 amide bonds. The van der Waals surface area contributed by atoms with Crippen LogP contribution < -0.4 is 0 Å². The molecule has 1 aromatic carbocycles. The van der Waals surface area contributed by atoms with Gasteiger partial charge in [-0.15, -0.1) is 0 Å². The lowest BCUT2D eigenvalue weighted by Crippen LogP contribution is -2.38. The van der Waals surface area contributed by atoms with Gasteiger partial charge in [-0.2, -0.15) is 0 Å². The molecule has 3 rings (SSSR count). The number of rotatable bonds is 5. The van der Waals surface area contributed by atoms with Crippen LogP contribution in [0.4, 0.5) is 0 Å². The molecule has 26 heavy (non-hydrogen) atoms. The van der Waals surface area contributed by atoms with E-state index in [0.29, 0.717) is 17.9 Å². The zero-order chi connectivity index (χ0) is 18.7. The van der Waals surface area contributed by atoms with Gasteiger partial charge in [0.15, 0.2) is 0 Å². The Morgan fingerprint density at radius 2 is 2.04 bits per heavy atom. The molecule has 1 aliphatic rings. The number of methoxy groups -OCH3 is 1. The Labute approximate surface area is 156 Å². The average molecular weight is 375 g/mol. The number of likely N-dealkylation sites (tertiary alicyclic amines) is 1. The van der Waals surface area contributed by atoms with Crippen LogP contribution >= 0.6 is 11.6 Å². The molecule has 6 nitrogen and oxygen atoms in total. The van der Waals surface area contributed by atoms with Crippen LogP contribution in [0.1, 0.15) is 33.6 Å². The van der Waals surface area contributed by atoms with Crippen molar-refractivity contribution in [3.8, 4) is 11.3 Å². The van der Waals surface area contributed by atoms with Crippen molar-refractivity contribution in [1.82, 2.24) is 9.88 Å². The molecule has 1 aromatic heterocycles. The van der Waals surface area contributed by atoms with Crippen LogP contribution in [-0.2, 0) is 4.74 Å². The molecule has 0 aliphatic carbocycles. The fourth-order valence-electron chi connectivity index (χ4n) is 3.17. The summed E-state index contributed by atoms with van der Waals surface area (Å²) in [6.07, 6.45) is 3.20. The third-order valence-electron chi connectivity index (χ3n) is 4.49. The number of benzene rings is 1. The van der Waals surface area contributed by atoms with Gasteiger partial charge in [0.1, 0.15) is 0 Å². The van der Waals surface area contributed by atoms with Crippen molar-refractivity contribution in [3.05, 3.63) is 52.7 Å². The Balaban J connectivity index is 1.80. The topological polar surface area (TPSA) is 79.7 Å². The minimum absolute atomic E-state index is 0.0172. The Bertz CT molecular complexity index is 823. The lowest BCUT2D eigenvalue weighted by atomic mass is 10.1.